The zero-order valence-corrected chi connectivity index (χ0v) is 24.7. The van der Waals surface area contributed by atoms with Gasteiger partial charge >= 0.3 is 11.9 Å². The largest absolute Gasteiger partial charge is 0.508 e. The Bertz CT molecular complexity index is 1140. The van der Waals surface area contributed by atoms with Gasteiger partial charge in [0.15, 0.2) is 5.78 Å². The number of carbonyl (C=O) groups excluding carboxylic acids is 3. The van der Waals surface area contributed by atoms with E-state index in [4.69, 9.17) is 18.9 Å². The van der Waals surface area contributed by atoms with E-state index in [1.807, 2.05) is 32.9 Å². The maximum atomic E-state index is 13.8. The van der Waals surface area contributed by atoms with Gasteiger partial charge in [-0.3, -0.25) is 14.4 Å². The topological polar surface area (TPSA) is 108 Å². The van der Waals surface area contributed by atoms with Crippen LogP contribution in [0.2, 0.25) is 0 Å². The van der Waals surface area contributed by atoms with Gasteiger partial charge in [0, 0.05) is 18.9 Å². The quantitative estimate of drug-likeness (QED) is 0.260. The van der Waals surface area contributed by atoms with E-state index in [1.54, 1.807) is 32.2 Å². The molecule has 3 aliphatic rings. The molecule has 2 fully saturated rings. The van der Waals surface area contributed by atoms with Crippen LogP contribution in [0.4, 0.5) is 0 Å². The summed E-state index contributed by atoms with van der Waals surface area (Å²) < 4.78 is 23.7. The van der Waals surface area contributed by atoms with Crippen LogP contribution in [0, 0.1) is 29.1 Å². The summed E-state index contributed by atoms with van der Waals surface area (Å²) in [5.74, 6) is -2.42. The van der Waals surface area contributed by atoms with E-state index in [2.05, 4.69) is 19.9 Å². The van der Waals surface area contributed by atoms with Crippen molar-refractivity contribution < 1.29 is 38.4 Å². The number of ether oxygens (including phenoxy) is 4. The Balaban J connectivity index is 1.58. The third kappa shape index (κ3) is 5.70. The van der Waals surface area contributed by atoms with Crippen LogP contribution in [0.3, 0.4) is 0 Å². The van der Waals surface area contributed by atoms with Crippen molar-refractivity contribution in [1.29, 1.82) is 0 Å². The highest BCUT2D eigenvalue weighted by Crippen LogP contribution is 2.54. The van der Waals surface area contributed by atoms with Crippen LogP contribution in [0.15, 0.2) is 36.4 Å². The predicted octanol–water partition coefficient (Wildman–Crippen LogP) is 5.32. The minimum atomic E-state index is -1.18. The number of aromatic hydroxyl groups is 1. The Morgan fingerprint density at radius 3 is 2.52 bits per heavy atom. The Morgan fingerprint density at radius 2 is 1.90 bits per heavy atom. The first-order valence-corrected chi connectivity index (χ1v) is 14.4. The SMILES string of the molecule is CO[C@@H](CC[C@H](C)[C@H]1O[C@@]2(C=C[C@@H]1C)[C@H](C(=O)OC1CC(=O)OC1C)C(=O)[C@H](C)CC2(C)C)c1cccc(O)c1. The van der Waals surface area contributed by atoms with Crippen LogP contribution in [0.25, 0.3) is 0 Å². The summed E-state index contributed by atoms with van der Waals surface area (Å²) in [6, 6.07) is 7.09. The van der Waals surface area contributed by atoms with E-state index < -0.39 is 41.1 Å². The zero-order valence-electron chi connectivity index (χ0n) is 24.7. The minimum absolute atomic E-state index is 0.0208. The van der Waals surface area contributed by atoms with Gasteiger partial charge in [0.1, 0.15) is 29.5 Å². The average molecular weight is 557 g/mol. The molecule has 2 unspecified atom stereocenters. The summed E-state index contributed by atoms with van der Waals surface area (Å²) in [5, 5.41) is 9.92. The number of esters is 2. The summed E-state index contributed by atoms with van der Waals surface area (Å²) in [5.41, 5.74) is -0.816. The molecule has 1 aromatic carbocycles. The van der Waals surface area contributed by atoms with E-state index in [0.29, 0.717) is 12.8 Å². The van der Waals surface area contributed by atoms with Crippen molar-refractivity contribution in [3.05, 3.63) is 42.0 Å². The molecule has 0 bridgehead atoms. The molecule has 1 saturated carbocycles. The lowest BCUT2D eigenvalue weighted by Crippen LogP contribution is -2.65. The fourth-order valence-electron chi connectivity index (χ4n) is 6.90. The molecule has 8 heteroatoms. The van der Waals surface area contributed by atoms with Gasteiger partial charge in [-0.1, -0.05) is 58.9 Å². The number of ketones is 1. The van der Waals surface area contributed by atoms with Crippen molar-refractivity contribution in [2.45, 2.75) is 97.2 Å². The molecule has 9 atom stereocenters. The third-order valence-electron chi connectivity index (χ3n) is 9.25. The fraction of sp³-hybridized carbons (Fsp3) is 0.656. The molecule has 1 aliphatic carbocycles. The Labute approximate surface area is 237 Å². The van der Waals surface area contributed by atoms with Gasteiger partial charge in [0.25, 0.3) is 0 Å². The molecular formula is C32H44O8. The number of methoxy groups -OCH3 is 1. The molecule has 40 heavy (non-hydrogen) atoms. The molecule has 0 radical (unpaired) electrons. The molecule has 1 saturated heterocycles. The smallest absolute Gasteiger partial charge is 0.320 e. The molecule has 0 aromatic heterocycles. The molecule has 2 aliphatic heterocycles. The Hall–Kier alpha value is -2.71. The van der Waals surface area contributed by atoms with Crippen LogP contribution < -0.4 is 0 Å². The van der Waals surface area contributed by atoms with Crippen LogP contribution >= 0.6 is 0 Å². The highest BCUT2D eigenvalue weighted by molar-refractivity contribution is 6.03. The fourth-order valence-corrected chi connectivity index (χ4v) is 6.90. The number of phenols is 1. The van der Waals surface area contributed by atoms with Crippen molar-refractivity contribution in [1.82, 2.24) is 0 Å². The molecule has 8 nitrogen and oxygen atoms in total. The normalized spacial score (nSPS) is 34.9. The zero-order chi connectivity index (χ0) is 29.4. The van der Waals surface area contributed by atoms with Gasteiger partial charge in [0.05, 0.1) is 18.6 Å². The third-order valence-corrected chi connectivity index (χ3v) is 9.25. The standard InChI is InChI=1S/C32H44O8/c1-18(11-12-24(37-7)22-9-8-10-23(33)15-22)29-19(2)13-14-32(40-29)27(28(35)20(3)17-31(32,5)6)30(36)39-25-16-26(34)38-21(25)4/h8-10,13-15,18-21,24-25,27,29,33H,11-12,16-17H2,1-7H3/t18-,19-,20+,21?,24-,25?,27-,29+,32-/m0/s1. The number of phenolic OH excluding ortho intramolecular Hbond substituents is 1. The molecule has 4 rings (SSSR count). The van der Waals surface area contributed by atoms with Crippen molar-refractivity contribution in [2.75, 3.05) is 7.11 Å². The average Bonchev–Trinajstić information content (AvgIpc) is 3.20. The summed E-state index contributed by atoms with van der Waals surface area (Å²) in [6.07, 6.45) is 4.29. The van der Waals surface area contributed by atoms with Gasteiger partial charge < -0.3 is 24.1 Å². The van der Waals surface area contributed by atoms with Crippen LogP contribution in [-0.4, -0.2) is 53.9 Å². The van der Waals surface area contributed by atoms with Crippen molar-refractivity contribution in [3.63, 3.8) is 0 Å². The summed E-state index contributed by atoms with van der Waals surface area (Å²) in [6.45, 7) is 11.8. The predicted molar refractivity (Wildman–Crippen MR) is 148 cm³/mol. The van der Waals surface area contributed by atoms with Crippen molar-refractivity contribution in [2.24, 2.45) is 29.1 Å². The van der Waals surface area contributed by atoms with E-state index in [9.17, 15) is 19.5 Å². The van der Waals surface area contributed by atoms with E-state index in [0.717, 1.165) is 12.0 Å². The Kier molecular flexibility index (Phi) is 8.81. The second kappa shape index (κ2) is 11.6. The second-order valence-corrected chi connectivity index (χ2v) is 12.7. The minimum Gasteiger partial charge on any atom is -0.508 e. The summed E-state index contributed by atoms with van der Waals surface area (Å²) in [4.78, 5) is 39.2. The maximum Gasteiger partial charge on any atom is 0.320 e. The number of hydrogen-bond donors (Lipinski definition) is 1. The first-order valence-electron chi connectivity index (χ1n) is 14.4. The molecule has 1 spiro atoms. The Morgan fingerprint density at radius 1 is 1.18 bits per heavy atom. The van der Waals surface area contributed by atoms with Gasteiger partial charge in [-0.25, -0.2) is 0 Å². The second-order valence-electron chi connectivity index (χ2n) is 12.7. The molecule has 0 amide bonds. The van der Waals surface area contributed by atoms with Gasteiger partial charge in [-0.05, 0) is 55.2 Å². The highest BCUT2D eigenvalue weighted by Gasteiger charge is 2.63. The van der Waals surface area contributed by atoms with E-state index in [-0.39, 0.29) is 47.9 Å². The van der Waals surface area contributed by atoms with Gasteiger partial charge in [0.2, 0.25) is 0 Å². The monoisotopic (exact) mass is 556 g/mol. The molecular weight excluding hydrogens is 512 g/mol. The molecule has 1 N–H and O–H groups in total. The highest BCUT2D eigenvalue weighted by atomic mass is 16.6. The molecule has 220 valence electrons. The van der Waals surface area contributed by atoms with Gasteiger partial charge in [-0.2, -0.15) is 0 Å². The number of carbonyl (C=O) groups is 3. The number of cyclic esters (lactones) is 1. The van der Waals surface area contributed by atoms with E-state index >= 15 is 0 Å². The van der Waals surface area contributed by atoms with Crippen molar-refractivity contribution in [3.8, 4) is 5.75 Å². The lowest BCUT2D eigenvalue weighted by molar-refractivity contribution is -0.218. The van der Waals surface area contributed by atoms with Crippen LogP contribution in [0.5, 0.6) is 5.75 Å². The van der Waals surface area contributed by atoms with Crippen LogP contribution in [-0.2, 0) is 33.3 Å². The first-order chi connectivity index (χ1) is 18.8. The summed E-state index contributed by atoms with van der Waals surface area (Å²) >= 11 is 0. The lowest BCUT2D eigenvalue weighted by atomic mass is 9.55. The molecule has 1 aromatic rings. The first kappa shape index (κ1) is 30.3. The number of benzene rings is 1. The maximum absolute atomic E-state index is 13.8. The number of Topliss-reactive ketones (excluding diaryl/α,β-unsaturated/α-hetero) is 1. The number of rotatable bonds is 8. The van der Waals surface area contributed by atoms with Crippen molar-refractivity contribution >= 4 is 17.7 Å². The van der Waals surface area contributed by atoms with Gasteiger partial charge in [-0.15, -0.1) is 0 Å². The lowest BCUT2D eigenvalue weighted by Gasteiger charge is -2.56. The van der Waals surface area contributed by atoms with Crippen LogP contribution in [0.1, 0.15) is 78.9 Å². The summed E-state index contributed by atoms with van der Waals surface area (Å²) in [7, 11) is 1.66. The number of hydrogen-bond acceptors (Lipinski definition) is 8. The molecule has 2 heterocycles. The van der Waals surface area contributed by atoms with E-state index in [1.165, 1.54) is 0 Å².